The Kier molecular flexibility index (Phi) is 2.32. The van der Waals surface area contributed by atoms with E-state index in [0.717, 1.165) is 18.7 Å². The Bertz CT molecular complexity index is 492. The first kappa shape index (κ1) is 9.72. The summed E-state index contributed by atoms with van der Waals surface area (Å²) in [5.41, 5.74) is 6.16. The summed E-state index contributed by atoms with van der Waals surface area (Å²) in [7, 11) is 0. The molecule has 16 heavy (non-hydrogen) atoms. The van der Waals surface area contributed by atoms with Crippen molar-refractivity contribution in [1.82, 2.24) is 19.6 Å². The van der Waals surface area contributed by atoms with Crippen molar-refractivity contribution < 1.29 is 0 Å². The average molecular weight is 217 g/mol. The summed E-state index contributed by atoms with van der Waals surface area (Å²) in [6.45, 7) is 0. The Morgan fingerprint density at radius 2 is 2.12 bits per heavy atom. The van der Waals surface area contributed by atoms with Gasteiger partial charge in [0.2, 0.25) is 0 Å². The fourth-order valence-electron chi connectivity index (χ4n) is 2.49. The van der Waals surface area contributed by atoms with Gasteiger partial charge in [-0.3, -0.25) is 4.40 Å². The molecule has 2 atom stereocenters. The van der Waals surface area contributed by atoms with E-state index in [-0.39, 0.29) is 6.04 Å². The molecule has 2 aromatic heterocycles. The Morgan fingerprint density at radius 1 is 1.25 bits per heavy atom. The maximum Gasteiger partial charge on any atom is 0.254 e. The van der Waals surface area contributed by atoms with E-state index < -0.39 is 0 Å². The number of hydrogen-bond donors (Lipinski definition) is 1. The van der Waals surface area contributed by atoms with Crippen LogP contribution in [0, 0.1) is 0 Å². The molecular formula is C11H15N5. The van der Waals surface area contributed by atoms with Crippen LogP contribution in [0.15, 0.2) is 18.5 Å². The lowest BCUT2D eigenvalue weighted by atomic mass is 9.84. The van der Waals surface area contributed by atoms with Crippen molar-refractivity contribution in [2.24, 2.45) is 5.73 Å². The third kappa shape index (κ3) is 1.48. The number of fused-ring (bicyclic) bond motifs is 1. The highest BCUT2D eigenvalue weighted by molar-refractivity contribution is 5.27. The van der Waals surface area contributed by atoms with Crippen LogP contribution >= 0.6 is 0 Å². The van der Waals surface area contributed by atoms with Crippen LogP contribution in [0.3, 0.4) is 0 Å². The minimum absolute atomic E-state index is 0.210. The summed E-state index contributed by atoms with van der Waals surface area (Å²) in [6, 6.07) is 2.11. The van der Waals surface area contributed by atoms with Gasteiger partial charge in [0.25, 0.3) is 5.78 Å². The van der Waals surface area contributed by atoms with Crippen LogP contribution in [0.4, 0.5) is 0 Å². The number of aromatic nitrogens is 4. The van der Waals surface area contributed by atoms with E-state index in [2.05, 4.69) is 15.2 Å². The fourth-order valence-corrected chi connectivity index (χ4v) is 2.49. The van der Waals surface area contributed by atoms with Crippen LogP contribution in [-0.4, -0.2) is 25.6 Å². The van der Waals surface area contributed by atoms with E-state index in [1.807, 2.05) is 16.7 Å². The highest BCUT2D eigenvalue weighted by atomic mass is 15.3. The lowest BCUT2D eigenvalue weighted by Gasteiger charge is -2.26. The molecule has 0 radical (unpaired) electrons. The largest absolute Gasteiger partial charge is 0.327 e. The van der Waals surface area contributed by atoms with Crippen LogP contribution in [0.2, 0.25) is 0 Å². The van der Waals surface area contributed by atoms with Gasteiger partial charge in [0.15, 0.2) is 0 Å². The molecule has 2 unspecified atom stereocenters. The van der Waals surface area contributed by atoms with Crippen LogP contribution in [-0.2, 0) is 0 Å². The van der Waals surface area contributed by atoms with Gasteiger partial charge in [0, 0.05) is 24.4 Å². The monoisotopic (exact) mass is 217 g/mol. The molecule has 1 aliphatic carbocycles. The third-order valence-electron chi connectivity index (χ3n) is 3.37. The van der Waals surface area contributed by atoms with E-state index in [1.54, 1.807) is 6.20 Å². The first-order chi connectivity index (χ1) is 7.86. The maximum atomic E-state index is 6.16. The van der Waals surface area contributed by atoms with E-state index in [9.17, 15) is 0 Å². The molecule has 0 aromatic carbocycles. The molecule has 0 bridgehead atoms. The molecule has 1 saturated carbocycles. The quantitative estimate of drug-likeness (QED) is 0.776. The Morgan fingerprint density at radius 3 is 3.00 bits per heavy atom. The molecule has 0 aliphatic heterocycles. The fraction of sp³-hybridized carbons (Fsp3) is 0.545. The van der Waals surface area contributed by atoms with Crippen LogP contribution < -0.4 is 5.73 Å². The first-order valence-corrected chi connectivity index (χ1v) is 5.77. The van der Waals surface area contributed by atoms with Gasteiger partial charge in [-0.15, -0.1) is 10.2 Å². The van der Waals surface area contributed by atoms with Crippen molar-refractivity contribution in [2.75, 3.05) is 0 Å². The zero-order chi connectivity index (χ0) is 11.0. The number of nitrogens with two attached hydrogens (primary N) is 1. The van der Waals surface area contributed by atoms with E-state index in [1.165, 1.54) is 12.8 Å². The molecule has 1 aliphatic rings. The van der Waals surface area contributed by atoms with Crippen LogP contribution in [0.25, 0.3) is 5.78 Å². The molecule has 84 valence electrons. The van der Waals surface area contributed by atoms with Gasteiger partial charge in [-0.1, -0.05) is 12.8 Å². The Labute approximate surface area is 93.7 Å². The second-order valence-electron chi connectivity index (χ2n) is 4.40. The van der Waals surface area contributed by atoms with Crippen molar-refractivity contribution in [3.05, 3.63) is 24.3 Å². The van der Waals surface area contributed by atoms with Gasteiger partial charge in [0.05, 0.1) is 0 Å². The summed E-state index contributed by atoms with van der Waals surface area (Å²) in [6.07, 6.45) is 8.34. The summed E-state index contributed by atoms with van der Waals surface area (Å²) in [5, 5.41) is 8.31. The highest BCUT2D eigenvalue weighted by Crippen LogP contribution is 2.30. The standard InChI is InChI=1S/C11H15N5/c12-9-5-2-1-4-8(9)10-14-15-11-13-6-3-7-16(10)11/h3,6-9H,1-2,4-5,12H2. The predicted octanol–water partition coefficient (Wildman–Crippen LogP) is 1.11. The second-order valence-corrected chi connectivity index (χ2v) is 4.40. The van der Waals surface area contributed by atoms with Crippen molar-refractivity contribution in [2.45, 2.75) is 37.6 Å². The summed E-state index contributed by atoms with van der Waals surface area (Å²) in [5.74, 6) is 1.96. The van der Waals surface area contributed by atoms with Crippen molar-refractivity contribution >= 4 is 5.78 Å². The highest BCUT2D eigenvalue weighted by Gasteiger charge is 2.27. The topological polar surface area (TPSA) is 69.1 Å². The lowest BCUT2D eigenvalue weighted by Crippen LogP contribution is -2.32. The van der Waals surface area contributed by atoms with E-state index in [0.29, 0.717) is 11.7 Å². The zero-order valence-electron chi connectivity index (χ0n) is 9.08. The van der Waals surface area contributed by atoms with Crippen LogP contribution in [0.5, 0.6) is 0 Å². The smallest absolute Gasteiger partial charge is 0.254 e. The van der Waals surface area contributed by atoms with E-state index >= 15 is 0 Å². The molecule has 0 saturated heterocycles. The third-order valence-corrected chi connectivity index (χ3v) is 3.37. The van der Waals surface area contributed by atoms with Gasteiger partial charge in [-0.2, -0.15) is 0 Å². The van der Waals surface area contributed by atoms with Crippen molar-refractivity contribution in [3.63, 3.8) is 0 Å². The number of hydrogen-bond acceptors (Lipinski definition) is 4. The first-order valence-electron chi connectivity index (χ1n) is 5.77. The SMILES string of the molecule is NC1CCCCC1c1nnc2ncccn12. The molecule has 2 heterocycles. The van der Waals surface area contributed by atoms with Crippen molar-refractivity contribution in [1.29, 1.82) is 0 Å². The number of nitrogens with zero attached hydrogens (tertiary/aromatic N) is 4. The predicted molar refractivity (Wildman–Crippen MR) is 60.0 cm³/mol. The average Bonchev–Trinajstić information content (AvgIpc) is 2.74. The summed E-state index contributed by atoms with van der Waals surface area (Å²) in [4.78, 5) is 4.17. The minimum atomic E-state index is 0.210. The van der Waals surface area contributed by atoms with E-state index in [4.69, 9.17) is 5.73 Å². The Hall–Kier alpha value is -1.49. The molecule has 5 heteroatoms. The van der Waals surface area contributed by atoms with Gasteiger partial charge in [-0.05, 0) is 18.9 Å². The molecule has 2 N–H and O–H groups in total. The van der Waals surface area contributed by atoms with Gasteiger partial charge >= 0.3 is 0 Å². The minimum Gasteiger partial charge on any atom is -0.327 e. The summed E-state index contributed by atoms with van der Waals surface area (Å²) >= 11 is 0. The normalized spacial score (nSPS) is 26.1. The summed E-state index contributed by atoms with van der Waals surface area (Å²) < 4.78 is 1.95. The molecule has 5 nitrogen and oxygen atoms in total. The van der Waals surface area contributed by atoms with Crippen LogP contribution in [0.1, 0.15) is 37.4 Å². The van der Waals surface area contributed by atoms with Gasteiger partial charge in [-0.25, -0.2) is 4.98 Å². The molecule has 3 rings (SSSR count). The second kappa shape index (κ2) is 3.83. The van der Waals surface area contributed by atoms with Crippen molar-refractivity contribution in [3.8, 4) is 0 Å². The molecule has 1 fully saturated rings. The maximum absolute atomic E-state index is 6.16. The molecule has 0 amide bonds. The van der Waals surface area contributed by atoms with Gasteiger partial charge in [0.1, 0.15) is 5.82 Å². The molecular weight excluding hydrogens is 202 g/mol. The Balaban J connectivity index is 2.04. The lowest BCUT2D eigenvalue weighted by molar-refractivity contribution is 0.371. The van der Waals surface area contributed by atoms with Gasteiger partial charge < -0.3 is 5.73 Å². The molecule has 0 spiro atoms. The molecule has 2 aromatic rings. The zero-order valence-corrected chi connectivity index (χ0v) is 9.08. The number of rotatable bonds is 1.